The van der Waals surface area contributed by atoms with Crippen molar-refractivity contribution in [3.8, 4) is 0 Å². The van der Waals surface area contributed by atoms with Crippen LogP contribution in [-0.4, -0.2) is 22.6 Å². The number of nitrogens with zero attached hydrogens (tertiary/aromatic N) is 1. The third kappa shape index (κ3) is 2.40. The van der Waals surface area contributed by atoms with E-state index in [1.165, 1.54) is 6.20 Å². The second-order valence-electron chi connectivity index (χ2n) is 2.03. The minimum Gasteiger partial charge on any atom is -0.313 e. The molecule has 0 aliphatic carbocycles. The molecule has 0 radical (unpaired) electrons. The second kappa shape index (κ2) is 4.00. The minimum atomic E-state index is -0.592. The fourth-order valence-corrected chi connectivity index (χ4v) is 0.653. The van der Waals surface area contributed by atoms with Crippen molar-refractivity contribution < 1.29 is 4.79 Å². The number of H-pyrrole nitrogens is 2. The predicted octanol–water partition coefficient (Wildman–Crippen LogP) is -1.86. The van der Waals surface area contributed by atoms with Gasteiger partial charge in [-0.25, -0.2) is 10.2 Å². The summed E-state index contributed by atoms with van der Waals surface area (Å²) >= 11 is 0. The Morgan fingerprint density at radius 1 is 1.46 bits per heavy atom. The number of carbonyl (C=O) groups excluding carboxylic acids is 1. The quantitative estimate of drug-likeness (QED) is 0.290. The Hall–Kier alpha value is -2.18. The van der Waals surface area contributed by atoms with Crippen molar-refractivity contribution in [3.05, 3.63) is 32.6 Å². The zero-order valence-electron chi connectivity index (χ0n) is 6.40. The minimum absolute atomic E-state index is 0.147. The lowest BCUT2D eigenvalue weighted by atomic mass is 10.4. The van der Waals surface area contributed by atoms with Crippen molar-refractivity contribution in [3.63, 3.8) is 0 Å². The second-order valence-corrected chi connectivity index (χ2v) is 2.03. The molecule has 3 N–H and O–H groups in total. The SMILES string of the molecule is O=CN/N=C/c1c[nH]c(=O)[nH]c1=O. The molecule has 0 aliphatic heterocycles. The third-order valence-electron chi connectivity index (χ3n) is 1.18. The van der Waals surface area contributed by atoms with Crippen LogP contribution in [0.4, 0.5) is 0 Å². The van der Waals surface area contributed by atoms with E-state index >= 15 is 0 Å². The van der Waals surface area contributed by atoms with Crippen molar-refractivity contribution in [1.82, 2.24) is 15.4 Å². The Kier molecular flexibility index (Phi) is 2.74. The molecule has 1 heterocycles. The fourth-order valence-electron chi connectivity index (χ4n) is 0.653. The van der Waals surface area contributed by atoms with Crippen molar-refractivity contribution in [2.75, 3.05) is 0 Å². The van der Waals surface area contributed by atoms with Gasteiger partial charge in [0.2, 0.25) is 6.41 Å². The van der Waals surface area contributed by atoms with Gasteiger partial charge in [0.05, 0.1) is 11.8 Å². The number of aromatic amines is 2. The van der Waals surface area contributed by atoms with Crippen LogP contribution in [0.5, 0.6) is 0 Å². The van der Waals surface area contributed by atoms with Gasteiger partial charge in [0.25, 0.3) is 5.56 Å². The highest BCUT2D eigenvalue weighted by Crippen LogP contribution is 1.75. The number of rotatable bonds is 3. The van der Waals surface area contributed by atoms with E-state index in [4.69, 9.17) is 0 Å². The van der Waals surface area contributed by atoms with Crippen LogP contribution in [0.1, 0.15) is 5.56 Å². The summed E-state index contributed by atoms with van der Waals surface area (Å²) in [5, 5.41) is 3.37. The molecule has 0 saturated heterocycles. The zero-order chi connectivity index (χ0) is 9.68. The summed E-state index contributed by atoms with van der Waals surface area (Å²) < 4.78 is 0. The number of aromatic nitrogens is 2. The zero-order valence-corrected chi connectivity index (χ0v) is 6.40. The van der Waals surface area contributed by atoms with Crippen LogP contribution in [0.3, 0.4) is 0 Å². The summed E-state index contributed by atoms with van der Waals surface area (Å²) in [7, 11) is 0. The molecule has 0 aliphatic rings. The van der Waals surface area contributed by atoms with Crippen LogP contribution in [0.2, 0.25) is 0 Å². The lowest BCUT2D eigenvalue weighted by Crippen LogP contribution is -2.24. The number of hydrogen-bond donors (Lipinski definition) is 3. The van der Waals surface area contributed by atoms with E-state index in [-0.39, 0.29) is 5.56 Å². The average Bonchev–Trinajstić information content (AvgIpc) is 2.09. The average molecular weight is 182 g/mol. The molecular formula is C6H6N4O3. The first-order chi connectivity index (χ1) is 6.24. The van der Waals surface area contributed by atoms with E-state index in [0.717, 1.165) is 6.21 Å². The Labute approximate surface area is 71.5 Å². The molecule has 0 atom stereocenters. The molecule has 0 fully saturated rings. The van der Waals surface area contributed by atoms with Crippen molar-refractivity contribution in [1.29, 1.82) is 0 Å². The smallest absolute Gasteiger partial charge is 0.313 e. The Morgan fingerprint density at radius 2 is 2.23 bits per heavy atom. The summed E-state index contributed by atoms with van der Waals surface area (Å²) in [6, 6.07) is 0. The van der Waals surface area contributed by atoms with E-state index in [1.54, 1.807) is 0 Å². The van der Waals surface area contributed by atoms with Gasteiger partial charge >= 0.3 is 5.69 Å². The van der Waals surface area contributed by atoms with Crippen molar-refractivity contribution in [2.24, 2.45) is 5.10 Å². The van der Waals surface area contributed by atoms with Crippen LogP contribution >= 0.6 is 0 Å². The van der Waals surface area contributed by atoms with E-state index in [0.29, 0.717) is 6.41 Å². The van der Waals surface area contributed by atoms with Gasteiger partial charge in [-0.2, -0.15) is 5.10 Å². The molecule has 1 aromatic heterocycles. The predicted molar refractivity (Wildman–Crippen MR) is 44.5 cm³/mol. The monoisotopic (exact) mass is 182 g/mol. The number of carbonyl (C=O) groups is 1. The van der Waals surface area contributed by atoms with Crippen LogP contribution in [-0.2, 0) is 4.79 Å². The summed E-state index contributed by atoms with van der Waals surface area (Å²) in [6.07, 6.45) is 2.66. The molecule has 7 heteroatoms. The Balaban J connectivity index is 2.96. The van der Waals surface area contributed by atoms with Gasteiger partial charge in [-0.1, -0.05) is 0 Å². The Bertz CT molecular complexity index is 430. The molecule has 1 amide bonds. The maximum absolute atomic E-state index is 11.0. The normalized spacial score (nSPS) is 10.2. The number of amides is 1. The summed E-state index contributed by atoms with van der Waals surface area (Å²) in [6.45, 7) is 0. The fraction of sp³-hybridized carbons (Fsp3) is 0. The van der Waals surface area contributed by atoms with Gasteiger partial charge in [-0.15, -0.1) is 0 Å². The highest BCUT2D eigenvalue weighted by Gasteiger charge is 1.94. The van der Waals surface area contributed by atoms with Gasteiger partial charge < -0.3 is 4.98 Å². The molecule has 1 rings (SSSR count). The lowest BCUT2D eigenvalue weighted by Gasteiger charge is -1.88. The van der Waals surface area contributed by atoms with Gasteiger partial charge in [0.15, 0.2) is 0 Å². The summed E-state index contributed by atoms with van der Waals surface area (Å²) in [4.78, 5) is 35.5. The summed E-state index contributed by atoms with van der Waals surface area (Å²) in [5.74, 6) is 0. The molecule has 0 bridgehead atoms. The lowest BCUT2D eigenvalue weighted by molar-refractivity contribution is -0.109. The van der Waals surface area contributed by atoms with E-state index < -0.39 is 11.2 Å². The molecule has 7 nitrogen and oxygen atoms in total. The maximum Gasteiger partial charge on any atom is 0.325 e. The topological polar surface area (TPSA) is 107 Å². The largest absolute Gasteiger partial charge is 0.325 e. The molecule has 13 heavy (non-hydrogen) atoms. The van der Waals surface area contributed by atoms with Gasteiger partial charge in [0, 0.05) is 6.20 Å². The first kappa shape index (κ1) is 8.91. The molecule has 0 unspecified atom stereocenters. The highest BCUT2D eigenvalue weighted by molar-refractivity contribution is 5.78. The third-order valence-corrected chi connectivity index (χ3v) is 1.18. The molecule has 68 valence electrons. The van der Waals surface area contributed by atoms with Crippen LogP contribution in [0, 0.1) is 0 Å². The van der Waals surface area contributed by atoms with Crippen LogP contribution < -0.4 is 16.7 Å². The van der Waals surface area contributed by atoms with E-state index in [9.17, 15) is 14.4 Å². The molecular weight excluding hydrogens is 176 g/mol. The highest BCUT2D eigenvalue weighted by atomic mass is 16.2. The van der Waals surface area contributed by atoms with Crippen molar-refractivity contribution in [2.45, 2.75) is 0 Å². The Morgan fingerprint density at radius 3 is 2.85 bits per heavy atom. The van der Waals surface area contributed by atoms with E-state index in [2.05, 4.69) is 10.1 Å². The van der Waals surface area contributed by atoms with Gasteiger partial charge in [-0.3, -0.25) is 14.6 Å². The van der Waals surface area contributed by atoms with E-state index in [1.807, 2.05) is 10.4 Å². The van der Waals surface area contributed by atoms with Crippen molar-refractivity contribution >= 4 is 12.6 Å². The van der Waals surface area contributed by atoms with Crippen LogP contribution in [0.15, 0.2) is 20.9 Å². The van der Waals surface area contributed by atoms with Crippen LogP contribution in [0.25, 0.3) is 0 Å². The molecule has 0 spiro atoms. The van der Waals surface area contributed by atoms with Gasteiger partial charge in [0.1, 0.15) is 0 Å². The molecule has 1 aromatic rings. The summed E-state index contributed by atoms with van der Waals surface area (Å²) in [5.41, 5.74) is 0.968. The molecule has 0 saturated carbocycles. The standard InChI is InChI=1S/C6H6N4O3/c11-3-9-8-2-4-1-7-6(13)10-5(4)12/h1-3H,(H,9,11)(H2,7,10,12,13)/b8-2+. The van der Waals surface area contributed by atoms with Gasteiger partial charge in [-0.05, 0) is 0 Å². The number of nitrogens with one attached hydrogen (secondary N) is 3. The number of hydrogen-bond acceptors (Lipinski definition) is 4. The maximum atomic E-state index is 11.0. The molecule has 0 aromatic carbocycles. The first-order valence-corrected chi connectivity index (χ1v) is 3.28. The number of hydrazone groups is 1. The first-order valence-electron chi connectivity index (χ1n) is 3.28.